The number of hydrogen-bond donors (Lipinski definition) is 2. The van der Waals surface area contributed by atoms with Gasteiger partial charge in [0.1, 0.15) is 5.82 Å². The van der Waals surface area contributed by atoms with Gasteiger partial charge in [-0.25, -0.2) is 10.8 Å². The zero-order valence-corrected chi connectivity index (χ0v) is 16.3. The van der Waals surface area contributed by atoms with Crippen LogP contribution in [0.25, 0.3) is 0 Å². The van der Waals surface area contributed by atoms with Gasteiger partial charge in [0.25, 0.3) is 5.91 Å². The zero-order chi connectivity index (χ0) is 21.3. The molecular weight excluding hydrogens is 407 g/mol. The Hall–Kier alpha value is -2.78. The van der Waals surface area contributed by atoms with Crippen molar-refractivity contribution in [2.45, 2.75) is 19.5 Å². The van der Waals surface area contributed by atoms with Gasteiger partial charge in [0.2, 0.25) is 0 Å². The number of pyridine rings is 1. The van der Waals surface area contributed by atoms with E-state index >= 15 is 0 Å². The van der Waals surface area contributed by atoms with Crippen molar-refractivity contribution in [1.29, 1.82) is 0 Å². The molecule has 1 aliphatic rings. The number of carbonyl (C=O) groups is 1. The lowest BCUT2D eigenvalue weighted by molar-refractivity contribution is -0.137. The summed E-state index contributed by atoms with van der Waals surface area (Å²) < 4.78 is 39.2. The molecule has 0 atom stereocenters. The summed E-state index contributed by atoms with van der Waals surface area (Å²) in [4.78, 5) is 18.4. The first-order valence-corrected chi connectivity index (χ1v) is 9.08. The average Bonchev–Trinajstić information content (AvgIpc) is 2.66. The van der Waals surface area contributed by atoms with Gasteiger partial charge in [-0.3, -0.25) is 9.80 Å². The second kappa shape index (κ2) is 7.92. The number of nitrogens with zero attached hydrogens (tertiary/aromatic N) is 3. The van der Waals surface area contributed by atoms with Crippen LogP contribution in [0.1, 0.15) is 27.9 Å². The molecule has 1 aromatic heterocycles. The number of anilines is 1. The fourth-order valence-electron chi connectivity index (χ4n) is 3.17. The molecule has 0 saturated heterocycles. The Morgan fingerprint density at radius 3 is 2.62 bits per heavy atom. The summed E-state index contributed by atoms with van der Waals surface area (Å²) in [5, 5.41) is 0.756. The number of nitrogens with two attached hydrogens (primary N) is 2. The van der Waals surface area contributed by atoms with E-state index in [1.54, 1.807) is 12.3 Å². The highest BCUT2D eigenvalue weighted by molar-refractivity contribution is 6.34. The van der Waals surface area contributed by atoms with Gasteiger partial charge in [0, 0.05) is 24.9 Å². The van der Waals surface area contributed by atoms with Gasteiger partial charge in [-0.05, 0) is 30.7 Å². The Bertz CT molecular complexity index is 977. The van der Waals surface area contributed by atoms with Crippen LogP contribution in [-0.4, -0.2) is 28.9 Å². The molecule has 0 unspecified atom stereocenters. The number of amides is 1. The van der Waals surface area contributed by atoms with Crippen molar-refractivity contribution in [3.8, 4) is 0 Å². The summed E-state index contributed by atoms with van der Waals surface area (Å²) in [5.41, 5.74) is 6.65. The van der Waals surface area contributed by atoms with Gasteiger partial charge in [-0.15, -0.1) is 0 Å². The lowest BCUT2D eigenvalue weighted by atomic mass is 10.1. The molecule has 3 rings (SSSR count). The van der Waals surface area contributed by atoms with Crippen molar-refractivity contribution in [2.75, 3.05) is 18.1 Å². The summed E-state index contributed by atoms with van der Waals surface area (Å²) in [5.74, 6) is 6.08. The topological polar surface area (TPSA) is 88.5 Å². The first-order chi connectivity index (χ1) is 13.6. The maximum absolute atomic E-state index is 13.1. The molecule has 154 valence electrons. The SMILES string of the molecule is Cc1cccnc1N(N)C1=C(N)CN(C(=O)c2cccc(C(F)(F)F)c2Cl)CC1. The van der Waals surface area contributed by atoms with Crippen molar-refractivity contribution in [3.63, 3.8) is 0 Å². The number of benzene rings is 1. The molecule has 1 aromatic carbocycles. The Morgan fingerprint density at radius 1 is 1.28 bits per heavy atom. The van der Waals surface area contributed by atoms with Gasteiger partial charge >= 0.3 is 6.18 Å². The number of aryl methyl sites for hydroxylation is 1. The monoisotopic (exact) mass is 425 g/mol. The molecular formula is C19H19ClF3N5O. The molecule has 0 fully saturated rings. The Morgan fingerprint density at radius 2 is 2.00 bits per heavy atom. The molecule has 6 nitrogen and oxygen atoms in total. The first kappa shape index (κ1) is 20.9. The second-order valence-electron chi connectivity index (χ2n) is 6.63. The van der Waals surface area contributed by atoms with Crippen LogP contribution in [0.3, 0.4) is 0 Å². The number of hydrogen-bond acceptors (Lipinski definition) is 5. The molecule has 0 radical (unpaired) electrons. The number of carbonyl (C=O) groups excluding carboxylic acids is 1. The molecule has 2 aromatic rings. The molecule has 1 aliphatic heterocycles. The predicted molar refractivity (Wildman–Crippen MR) is 104 cm³/mol. The van der Waals surface area contributed by atoms with Gasteiger partial charge < -0.3 is 10.6 Å². The third-order valence-corrected chi connectivity index (χ3v) is 5.08. The molecule has 2 heterocycles. The molecule has 4 N–H and O–H groups in total. The normalized spacial score (nSPS) is 14.9. The Kier molecular flexibility index (Phi) is 5.72. The highest BCUT2D eigenvalue weighted by Gasteiger charge is 2.35. The molecule has 10 heteroatoms. The van der Waals surface area contributed by atoms with Crippen LogP contribution in [0.5, 0.6) is 0 Å². The molecule has 1 amide bonds. The lowest BCUT2D eigenvalue weighted by Gasteiger charge is -2.33. The fourth-order valence-corrected chi connectivity index (χ4v) is 3.48. The third kappa shape index (κ3) is 4.15. The van der Waals surface area contributed by atoms with Crippen molar-refractivity contribution in [1.82, 2.24) is 9.88 Å². The van der Waals surface area contributed by atoms with E-state index in [4.69, 9.17) is 23.2 Å². The molecule has 0 spiro atoms. The minimum absolute atomic E-state index is 0.0142. The van der Waals surface area contributed by atoms with Crippen LogP contribution in [0.15, 0.2) is 47.9 Å². The predicted octanol–water partition coefficient (Wildman–Crippen LogP) is 3.46. The van der Waals surface area contributed by atoms with Gasteiger partial charge in [0.15, 0.2) is 0 Å². The standard InChI is InChI=1S/C19H19ClF3N5O/c1-11-4-3-8-26-17(11)28(25)15-7-9-27(10-14(15)24)18(29)12-5-2-6-13(16(12)20)19(21,22)23/h2-6,8H,7,9-10,24-25H2,1H3. The minimum atomic E-state index is -4.65. The van der Waals surface area contributed by atoms with Crippen LogP contribution >= 0.6 is 11.6 Å². The summed E-state index contributed by atoms with van der Waals surface area (Å²) >= 11 is 5.87. The minimum Gasteiger partial charge on any atom is -0.399 e. The van der Waals surface area contributed by atoms with E-state index in [2.05, 4.69) is 4.98 Å². The number of rotatable bonds is 3. The molecule has 0 aliphatic carbocycles. The third-order valence-electron chi connectivity index (χ3n) is 4.67. The molecule has 0 bridgehead atoms. The maximum Gasteiger partial charge on any atom is 0.417 e. The smallest absolute Gasteiger partial charge is 0.399 e. The number of hydrazine groups is 1. The average molecular weight is 426 g/mol. The van der Waals surface area contributed by atoms with E-state index in [0.717, 1.165) is 17.7 Å². The Balaban J connectivity index is 1.84. The summed E-state index contributed by atoms with van der Waals surface area (Å²) in [6.07, 6.45) is -2.73. The number of halogens is 4. The van der Waals surface area contributed by atoms with Crippen molar-refractivity contribution in [2.24, 2.45) is 11.6 Å². The van der Waals surface area contributed by atoms with E-state index in [0.29, 0.717) is 23.6 Å². The van der Waals surface area contributed by atoms with Crippen molar-refractivity contribution in [3.05, 3.63) is 69.6 Å². The number of alkyl halides is 3. The van der Waals surface area contributed by atoms with E-state index in [9.17, 15) is 18.0 Å². The van der Waals surface area contributed by atoms with E-state index in [-0.39, 0.29) is 18.7 Å². The lowest BCUT2D eigenvalue weighted by Crippen LogP contribution is -2.44. The largest absolute Gasteiger partial charge is 0.417 e. The second-order valence-corrected chi connectivity index (χ2v) is 7.01. The van der Waals surface area contributed by atoms with E-state index < -0.39 is 22.7 Å². The fraction of sp³-hybridized carbons (Fsp3) is 0.263. The van der Waals surface area contributed by atoms with Crippen LogP contribution in [-0.2, 0) is 6.18 Å². The molecule has 0 saturated carbocycles. The maximum atomic E-state index is 13.1. The summed E-state index contributed by atoms with van der Waals surface area (Å²) in [6.45, 7) is 2.09. The van der Waals surface area contributed by atoms with Crippen LogP contribution in [0.4, 0.5) is 19.0 Å². The van der Waals surface area contributed by atoms with E-state index in [1.807, 2.05) is 13.0 Å². The summed E-state index contributed by atoms with van der Waals surface area (Å²) in [6, 6.07) is 6.89. The summed E-state index contributed by atoms with van der Waals surface area (Å²) in [7, 11) is 0. The number of aromatic nitrogens is 1. The molecule has 29 heavy (non-hydrogen) atoms. The van der Waals surface area contributed by atoms with Crippen molar-refractivity contribution < 1.29 is 18.0 Å². The van der Waals surface area contributed by atoms with Crippen LogP contribution < -0.4 is 16.6 Å². The van der Waals surface area contributed by atoms with Crippen LogP contribution in [0.2, 0.25) is 5.02 Å². The Labute approximate surface area is 170 Å². The van der Waals surface area contributed by atoms with Crippen LogP contribution in [0, 0.1) is 6.92 Å². The van der Waals surface area contributed by atoms with Crippen molar-refractivity contribution >= 4 is 23.3 Å². The van der Waals surface area contributed by atoms with Gasteiger partial charge in [-0.2, -0.15) is 13.2 Å². The van der Waals surface area contributed by atoms with Gasteiger partial charge in [0.05, 0.1) is 28.4 Å². The first-order valence-electron chi connectivity index (χ1n) is 8.70. The highest BCUT2D eigenvalue weighted by atomic mass is 35.5. The van der Waals surface area contributed by atoms with Gasteiger partial charge in [-0.1, -0.05) is 23.7 Å². The quantitative estimate of drug-likeness (QED) is 0.580. The highest BCUT2D eigenvalue weighted by Crippen LogP contribution is 2.37. The van der Waals surface area contributed by atoms with E-state index in [1.165, 1.54) is 16.0 Å². The zero-order valence-electron chi connectivity index (χ0n) is 15.5.